The first-order chi connectivity index (χ1) is 8.94. The Morgan fingerprint density at radius 2 is 2.21 bits per heavy atom. The van der Waals surface area contributed by atoms with E-state index < -0.39 is 10.0 Å². The van der Waals surface area contributed by atoms with Crippen LogP contribution >= 0.6 is 11.3 Å². The number of aromatic amines is 1. The van der Waals surface area contributed by atoms with Gasteiger partial charge in [0.15, 0.2) is 0 Å². The van der Waals surface area contributed by atoms with E-state index in [0.29, 0.717) is 4.88 Å². The van der Waals surface area contributed by atoms with Crippen molar-refractivity contribution in [3.8, 4) is 0 Å². The molecule has 8 heteroatoms. The highest BCUT2D eigenvalue weighted by Crippen LogP contribution is 2.25. The van der Waals surface area contributed by atoms with Gasteiger partial charge < -0.3 is 5.11 Å². The van der Waals surface area contributed by atoms with Gasteiger partial charge in [-0.25, -0.2) is 13.1 Å². The van der Waals surface area contributed by atoms with Crippen LogP contribution in [0.5, 0.6) is 0 Å². The smallest absolute Gasteiger partial charge is 0.250 e. The maximum atomic E-state index is 12.1. The number of rotatable bonds is 5. The molecule has 104 valence electrons. The minimum absolute atomic E-state index is 0.146. The first-order valence-electron chi connectivity index (χ1n) is 5.62. The number of aryl methyl sites for hydroxylation is 2. The highest BCUT2D eigenvalue weighted by molar-refractivity contribution is 7.91. The summed E-state index contributed by atoms with van der Waals surface area (Å²) in [5.41, 5.74) is 2.42. The molecule has 0 aliphatic heterocycles. The molecule has 19 heavy (non-hydrogen) atoms. The third-order valence-corrected chi connectivity index (χ3v) is 5.89. The largest absolute Gasteiger partial charge is 0.391 e. The van der Waals surface area contributed by atoms with Crippen LogP contribution in [0.2, 0.25) is 0 Å². The molecule has 0 bridgehead atoms. The molecule has 0 spiro atoms. The van der Waals surface area contributed by atoms with Crippen molar-refractivity contribution < 1.29 is 13.5 Å². The van der Waals surface area contributed by atoms with Crippen molar-refractivity contribution in [1.82, 2.24) is 14.9 Å². The van der Waals surface area contributed by atoms with Crippen molar-refractivity contribution in [3.05, 3.63) is 34.0 Å². The molecule has 0 fully saturated rings. The molecule has 0 amide bonds. The molecular formula is C11H15N3O3S2. The Hall–Kier alpha value is -1.22. The molecule has 0 unspecified atom stereocenters. The zero-order valence-electron chi connectivity index (χ0n) is 10.6. The maximum absolute atomic E-state index is 12.1. The van der Waals surface area contributed by atoms with Crippen molar-refractivity contribution >= 4 is 21.4 Å². The molecular weight excluding hydrogens is 286 g/mol. The van der Waals surface area contributed by atoms with Crippen LogP contribution in [0.1, 0.15) is 21.7 Å². The summed E-state index contributed by atoms with van der Waals surface area (Å²) in [6.45, 7) is 3.65. The number of aliphatic hydroxyl groups excluding tert-OH is 1. The summed E-state index contributed by atoms with van der Waals surface area (Å²) >= 11 is 1.08. The average molecular weight is 301 g/mol. The summed E-state index contributed by atoms with van der Waals surface area (Å²) in [6.07, 6.45) is 1.59. The van der Waals surface area contributed by atoms with E-state index in [1.807, 2.05) is 6.92 Å². The van der Waals surface area contributed by atoms with Crippen LogP contribution in [0.25, 0.3) is 0 Å². The fourth-order valence-corrected chi connectivity index (χ4v) is 4.08. The predicted molar refractivity (Wildman–Crippen MR) is 72.3 cm³/mol. The molecule has 0 aliphatic rings. The molecule has 2 aromatic heterocycles. The summed E-state index contributed by atoms with van der Waals surface area (Å²) in [5, 5.41) is 15.7. The first-order valence-corrected chi connectivity index (χ1v) is 7.92. The van der Waals surface area contributed by atoms with Crippen LogP contribution in [0.3, 0.4) is 0 Å². The van der Waals surface area contributed by atoms with Gasteiger partial charge in [0.25, 0.3) is 0 Å². The van der Waals surface area contributed by atoms with Crippen molar-refractivity contribution in [2.24, 2.45) is 0 Å². The Morgan fingerprint density at radius 1 is 1.47 bits per heavy atom. The zero-order valence-corrected chi connectivity index (χ0v) is 12.2. The second kappa shape index (κ2) is 5.41. The molecule has 0 atom stereocenters. The number of hydrogen-bond donors (Lipinski definition) is 3. The Bertz CT molecular complexity index is 673. The van der Waals surface area contributed by atoms with Gasteiger partial charge in [0.2, 0.25) is 10.0 Å². The summed E-state index contributed by atoms with van der Waals surface area (Å²) < 4.78 is 27.0. The number of aliphatic hydroxyl groups is 1. The molecule has 3 N–H and O–H groups in total. The van der Waals surface area contributed by atoms with E-state index in [2.05, 4.69) is 14.9 Å². The van der Waals surface area contributed by atoms with E-state index in [1.54, 1.807) is 19.2 Å². The van der Waals surface area contributed by atoms with Gasteiger partial charge >= 0.3 is 0 Å². The Kier molecular flexibility index (Phi) is 4.04. The molecule has 0 aliphatic carbocycles. The van der Waals surface area contributed by atoms with Crippen molar-refractivity contribution in [2.75, 3.05) is 0 Å². The highest BCUT2D eigenvalue weighted by Gasteiger charge is 2.18. The molecule has 0 aromatic carbocycles. The Balaban J connectivity index is 2.16. The van der Waals surface area contributed by atoms with E-state index in [0.717, 1.165) is 28.2 Å². The number of sulfonamides is 1. The van der Waals surface area contributed by atoms with Gasteiger partial charge in [0.05, 0.1) is 12.8 Å². The SMILES string of the molecule is Cc1cc(S(=O)(=O)NCc2cn[nH]c2C)sc1CO. The number of nitrogens with zero attached hydrogens (tertiary/aromatic N) is 1. The van der Waals surface area contributed by atoms with E-state index >= 15 is 0 Å². The lowest BCUT2D eigenvalue weighted by atomic mass is 10.3. The number of hydrogen-bond acceptors (Lipinski definition) is 5. The minimum atomic E-state index is -3.55. The Labute approximate surface area is 115 Å². The molecule has 2 aromatic rings. The lowest BCUT2D eigenvalue weighted by Crippen LogP contribution is -2.22. The molecule has 6 nitrogen and oxygen atoms in total. The monoisotopic (exact) mass is 301 g/mol. The van der Waals surface area contributed by atoms with Crippen LogP contribution in [0.4, 0.5) is 0 Å². The lowest BCUT2D eigenvalue weighted by molar-refractivity contribution is 0.285. The standard InChI is InChI=1S/C11H15N3O3S2/c1-7-3-11(18-10(7)6-15)19(16,17)13-5-9-4-12-14-8(9)2/h3-4,13,15H,5-6H2,1-2H3,(H,12,14). The number of thiophene rings is 1. The fraction of sp³-hybridized carbons (Fsp3) is 0.364. The third-order valence-electron chi connectivity index (χ3n) is 2.79. The fourth-order valence-electron chi connectivity index (χ4n) is 1.58. The van der Waals surface area contributed by atoms with Crippen molar-refractivity contribution in [3.63, 3.8) is 0 Å². The second-order valence-corrected chi connectivity index (χ2v) is 7.31. The van der Waals surface area contributed by atoms with Crippen LogP contribution in [-0.2, 0) is 23.2 Å². The van der Waals surface area contributed by atoms with E-state index in [9.17, 15) is 8.42 Å². The van der Waals surface area contributed by atoms with Gasteiger partial charge in [-0.3, -0.25) is 5.10 Å². The summed E-state index contributed by atoms with van der Waals surface area (Å²) in [7, 11) is -3.55. The summed E-state index contributed by atoms with van der Waals surface area (Å²) in [4.78, 5) is 0.667. The Morgan fingerprint density at radius 3 is 2.74 bits per heavy atom. The maximum Gasteiger partial charge on any atom is 0.250 e. The van der Waals surface area contributed by atoms with Crippen molar-refractivity contribution in [2.45, 2.75) is 31.2 Å². The topological polar surface area (TPSA) is 95.1 Å². The van der Waals surface area contributed by atoms with Gasteiger partial charge in [0.1, 0.15) is 4.21 Å². The molecule has 2 rings (SSSR count). The average Bonchev–Trinajstić information content (AvgIpc) is 2.93. The second-order valence-electron chi connectivity index (χ2n) is 4.17. The van der Waals surface area contributed by atoms with Crippen LogP contribution < -0.4 is 4.72 Å². The molecule has 2 heterocycles. The predicted octanol–water partition coefficient (Wildman–Crippen LogP) is 1.06. The van der Waals surface area contributed by atoms with Gasteiger partial charge in [-0.1, -0.05) is 0 Å². The normalized spacial score (nSPS) is 11.9. The van der Waals surface area contributed by atoms with Gasteiger partial charge in [-0.05, 0) is 25.5 Å². The number of H-pyrrole nitrogens is 1. The lowest BCUT2D eigenvalue weighted by Gasteiger charge is -2.03. The summed E-state index contributed by atoms with van der Waals surface area (Å²) in [5.74, 6) is 0. The van der Waals surface area contributed by atoms with E-state index in [4.69, 9.17) is 5.11 Å². The van der Waals surface area contributed by atoms with E-state index in [-0.39, 0.29) is 17.4 Å². The highest BCUT2D eigenvalue weighted by atomic mass is 32.2. The minimum Gasteiger partial charge on any atom is -0.391 e. The van der Waals surface area contributed by atoms with Crippen LogP contribution in [0.15, 0.2) is 16.5 Å². The summed E-state index contributed by atoms with van der Waals surface area (Å²) in [6, 6.07) is 1.57. The van der Waals surface area contributed by atoms with Crippen LogP contribution in [-0.4, -0.2) is 23.7 Å². The number of aromatic nitrogens is 2. The molecule has 0 radical (unpaired) electrons. The molecule has 0 saturated heterocycles. The van der Waals surface area contributed by atoms with Gasteiger partial charge in [-0.15, -0.1) is 11.3 Å². The quantitative estimate of drug-likeness (QED) is 0.769. The van der Waals surface area contributed by atoms with E-state index in [1.165, 1.54) is 0 Å². The number of nitrogens with one attached hydrogen (secondary N) is 2. The zero-order chi connectivity index (χ0) is 14.0. The first kappa shape index (κ1) is 14.2. The van der Waals surface area contributed by atoms with Crippen molar-refractivity contribution in [1.29, 1.82) is 0 Å². The van der Waals surface area contributed by atoms with Gasteiger partial charge in [-0.2, -0.15) is 5.10 Å². The van der Waals surface area contributed by atoms with Gasteiger partial charge in [0, 0.05) is 22.7 Å². The third kappa shape index (κ3) is 3.03. The van der Waals surface area contributed by atoms with Crippen LogP contribution in [0, 0.1) is 13.8 Å². The molecule has 0 saturated carbocycles.